The Hall–Kier alpha value is -1.61. The lowest BCUT2D eigenvalue weighted by molar-refractivity contribution is 0.206. The molecule has 0 amide bonds. The molecule has 1 aliphatic rings. The van der Waals surface area contributed by atoms with Gasteiger partial charge < -0.3 is 4.52 Å². The minimum atomic E-state index is 0.390. The van der Waals surface area contributed by atoms with Crippen molar-refractivity contribution in [1.29, 1.82) is 0 Å². The van der Waals surface area contributed by atoms with Crippen molar-refractivity contribution < 1.29 is 4.52 Å². The molecule has 1 aromatic carbocycles. The normalized spacial score (nSPS) is 20.0. The Morgan fingerprint density at radius 3 is 2.95 bits per heavy atom. The van der Waals surface area contributed by atoms with E-state index in [4.69, 9.17) is 4.52 Å². The molecule has 1 unspecified atom stereocenters. The second kappa shape index (κ2) is 5.17. The highest BCUT2D eigenvalue weighted by molar-refractivity contribution is 5.22. The number of likely N-dealkylation sites (tertiary alicyclic amines) is 1. The first-order valence-electron chi connectivity index (χ1n) is 6.95. The zero-order valence-electron chi connectivity index (χ0n) is 11.6. The molecule has 3 heteroatoms. The Bertz CT molecular complexity index is 561. The van der Waals surface area contributed by atoms with Crippen molar-refractivity contribution in [2.45, 2.75) is 39.3 Å². The molecule has 1 atom stereocenters. The molecule has 1 saturated heterocycles. The van der Waals surface area contributed by atoms with Crippen LogP contribution in [-0.4, -0.2) is 16.6 Å². The van der Waals surface area contributed by atoms with Gasteiger partial charge in [-0.1, -0.05) is 35.0 Å². The third-order valence-corrected chi connectivity index (χ3v) is 3.81. The minimum absolute atomic E-state index is 0.390. The van der Waals surface area contributed by atoms with E-state index in [0.717, 1.165) is 24.5 Å². The first-order valence-corrected chi connectivity index (χ1v) is 6.95. The molecule has 1 aromatic heterocycles. The van der Waals surface area contributed by atoms with Gasteiger partial charge in [0.15, 0.2) is 5.76 Å². The lowest BCUT2D eigenvalue weighted by Crippen LogP contribution is -2.22. The van der Waals surface area contributed by atoms with Gasteiger partial charge in [0.05, 0.1) is 11.7 Å². The Morgan fingerprint density at radius 1 is 1.32 bits per heavy atom. The molecule has 0 spiro atoms. The number of benzene rings is 1. The van der Waals surface area contributed by atoms with Crippen LogP contribution >= 0.6 is 0 Å². The van der Waals surface area contributed by atoms with Gasteiger partial charge in [-0.3, -0.25) is 4.90 Å². The van der Waals surface area contributed by atoms with E-state index in [0.29, 0.717) is 6.04 Å². The predicted octanol–water partition coefficient (Wildman–Crippen LogP) is 3.63. The van der Waals surface area contributed by atoms with E-state index in [2.05, 4.69) is 47.3 Å². The van der Waals surface area contributed by atoms with Crippen LogP contribution in [0.3, 0.4) is 0 Å². The van der Waals surface area contributed by atoms with E-state index in [1.807, 2.05) is 6.92 Å². The molecular formula is C16H20N2O. The molecule has 2 aromatic rings. The first-order chi connectivity index (χ1) is 9.22. The Balaban J connectivity index is 1.76. The third kappa shape index (κ3) is 2.71. The van der Waals surface area contributed by atoms with Gasteiger partial charge in [0.25, 0.3) is 0 Å². The maximum absolute atomic E-state index is 5.45. The molecule has 3 nitrogen and oxygen atoms in total. The highest BCUT2D eigenvalue weighted by Gasteiger charge is 2.28. The van der Waals surface area contributed by atoms with Crippen molar-refractivity contribution in [3.05, 3.63) is 52.9 Å². The number of aryl methyl sites for hydroxylation is 2. The van der Waals surface area contributed by atoms with E-state index in [1.54, 1.807) is 0 Å². The third-order valence-electron chi connectivity index (χ3n) is 3.81. The second-order valence-electron chi connectivity index (χ2n) is 5.49. The fourth-order valence-corrected chi connectivity index (χ4v) is 2.92. The molecule has 1 aliphatic heterocycles. The van der Waals surface area contributed by atoms with Gasteiger partial charge in [-0.15, -0.1) is 0 Å². The largest absolute Gasteiger partial charge is 0.359 e. The standard InChI is InChI=1S/C16H20N2O/c1-12-5-3-6-14(9-12)11-18-8-4-7-15(18)16-10-13(2)17-19-16/h3,5-6,9-10,15H,4,7-8,11H2,1-2H3. The van der Waals surface area contributed by atoms with Crippen LogP contribution in [0, 0.1) is 13.8 Å². The molecule has 0 bridgehead atoms. The topological polar surface area (TPSA) is 29.3 Å². The Morgan fingerprint density at radius 2 is 2.21 bits per heavy atom. The van der Waals surface area contributed by atoms with Crippen LogP contribution in [0.15, 0.2) is 34.9 Å². The maximum Gasteiger partial charge on any atom is 0.154 e. The summed E-state index contributed by atoms with van der Waals surface area (Å²) in [6.07, 6.45) is 2.40. The number of hydrogen-bond donors (Lipinski definition) is 0. The van der Waals surface area contributed by atoms with Crippen LogP contribution in [0.2, 0.25) is 0 Å². The van der Waals surface area contributed by atoms with Crippen LogP contribution in [-0.2, 0) is 6.54 Å². The summed E-state index contributed by atoms with van der Waals surface area (Å²) < 4.78 is 5.45. The summed E-state index contributed by atoms with van der Waals surface area (Å²) in [5.41, 5.74) is 3.67. The number of aromatic nitrogens is 1. The van der Waals surface area contributed by atoms with Crippen LogP contribution in [0.1, 0.15) is 41.5 Å². The molecule has 0 radical (unpaired) electrons. The van der Waals surface area contributed by atoms with E-state index in [1.165, 1.54) is 24.0 Å². The van der Waals surface area contributed by atoms with Gasteiger partial charge in [-0.25, -0.2) is 0 Å². The highest BCUT2D eigenvalue weighted by atomic mass is 16.5. The molecule has 0 N–H and O–H groups in total. The van der Waals surface area contributed by atoms with Gasteiger partial charge in [0.2, 0.25) is 0 Å². The van der Waals surface area contributed by atoms with Gasteiger partial charge in [-0.2, -0.15) is 0 Å². The average molecular weight is 256 g/mol. The Kier molecular flexibility index (Phi) is 3.38. The molecule has 3 rings (SSSR count). The minimum Gasteiger partial charge on any atom is -0.359 e. The van der Waals surface area contributed by atoms with E-state index in [9.17, 15) is 0 Å². The van der Waals surface area contributed by atoms with E-state index < -0.39 is 0 Å². The van der Waals surface area contributed by atoms with E-state index >= 15 is 0 Å². The highest BCUT2D eigenvalue weighted by Crippen LogP contribution is 2.33. The number of rotatable bonds is 3. The zero-order valence-corrected chi connectivity index (χ0v) is 11.6. The van der Waals surface area contributed by atoms with Crippen molar-refractivity contribution in [3.63, 3.8) is 0 Å². The van der Waals surface area contributed by atoms with Gasteiger partial charge >= 0.3 is 0 Å². The molecule has 1 fully saturated rings. The number of nitrogens with zero attached hydrogens (tertiary/aromatic N) is 2. The Labute approximate surface area is 114 Å². The van der Waals surface area contributed by atoms with E-state index in [-0.39, 0.29) is 0 Å². The first kappa shape index (κ1) is 12.4. The summed E-state index contributed by atoms with van der Waals surface area (Å²) in [7, 11) is 0. The molecule has 100 valence electrons. The average Bonchev–Trinajstić information content (AvgIpc) is 2.98. The summed E-state index contributed by atoms with van der Waals surface area (Å²) in [5, 5.41) is 4.02. The lowest BCUT2D eigenvalue weighted by Gasteiger charge is -2.22. The quantitative estimate of drug-likeness (QED) is 0.839. The number of hydrogen-bond acceptors (Lipinski definition) is 3. The van der Waals surface area contributed by atoms with Crippen molar-refractivity contribution in [3.8, 4) is 0 Å². The molecule has 19 heavy (non-hydrogen) atoms. The molecular weight excluding hydrogens is 236 g/mol. The summed E-state index contributed by atoms with van der Waals surface area (Å²) in [5.74, 6) is 1.02. The second-order valence-corrected chi connectivity index (χ2v) is 5.49. The van der Waals surface area contributed by atoms with Gasteiger partial charge in [-0.05, 0) is 38.8 Å². The monoisotopic (exact) mass is 256 g/mol. The predicted molar refractivity (Wildman–Crippen MR) is 74.8 cm³/mol. The van der Waals surface area contributed by atoms with Gasteiger partial charge in [0, 0.05) is 12.6 Å². The maximum atomic E-state index is 5.45. The fraction of sp³-hybridized carbons (Fsp3) is 0.438. The zero-order chi connectivity index (χ0) is 13.2. The van der Waals surface area contributed by atoms with Crippen molar-refractivity contribution in [2.75, 3.05) is 6.54 Å². The molecule has 0 saturated carbocycles. The van der Waals surface area contributed by atoms with Crippen molar-refractivity contribution in [1.82, 2.24) is 10.1 Å². The van der Waals surface area contributed by atoms with Gasteiger partial charge in [0.1, 0.15) is 0 Å². The molecule has 2 heterocycles. The van der Waals surface area contributed by atoms with Crippen molar-refractivity contribution in [2.24, 2.45) is 0 Å². The van der Waals surface area contributed by atoms with Crippen LogP contribution < -0.4 is 0 Å². The smallest absolute Gasteiger partial charge is 0.154 e. The van der Waals surface area contributed by atoms with Crippen LogP contribution in [0.4, 0.5) is 0 Å². The summed E-state index contributed by atoms with van der Waals surface area (Å²) in [4.78, 5) is 2.49. The summed E-state index contributed by atoms with van der Waals surface area (Å²) in [6.45, 7) is 6.25. The van der Waals surface area contributed by atoms with Crippen LogP contribution in [0.25, 0.3) is 0 Å². The summed E-state index contributed by atoms with van der Waals surface area (Å²) >= 11 is 0. The van der Waals surface area contributed by atoms with Crippen LogP contribution in [0.5, 0.6) is 0 Å². The fourth-order valence-electron chi connectivity index (χ4n) is 2.92. The molecule has 0 aliphatic carbocycles. The summed E-state index contributed by atoms with van der Waals surface area (Å²) in [6, 6.07) is 11.2. The SMILES string of the molecule is Cc1cccc(CN2CCCC2c2cc(C)no2)c1. The van der Waals surface area contributed by atoms with Crippen molar-refractivity contribution >= 4 is 0 Å². The lowest BCUT2D eigenvalue weighted by atomic mass is 10.1.